The maximum Gasteiger partial charge on any atom is 0.0322 e. The van der Waals surface area contributed by atoms with Crippen LogP contribution in [0.3, 0.4) is 0 Å². The van der Waals surface area contributed by atoms with Crippen LogP contribution in [0.2, 0.25) is 0 Å². The lowest BCUT2D eigenvalue weighted by Gasteiger charge is -2.29. The van der Waals surface area contributed by atoms with Gasteiger partial charge in [-0.2, -0.15) is 0 Å². The molecule has 3 unspecified atom stereocenters. The van der Waals surface area contributed by atoms with Gasteiger partial charge in [0.25, 0.3) is 0 Å². The first-order valence-corrected chi connectivity index (χ1v) is 8.34. The summed E-state index contributed by atoms with van der Waals surface area (Å²) < 4.78 is 0. The fourth-order valence-corrected chi connectivity index (χ4v) is 3.28. The maximum atomic E-state index is 3.84. The van der Waals surface area contributed by atoms with Crippen molar-refractivity contribution in [3.05, 3.63) is 35.9 Å². The van der Waals surface area contributed by atoms with Crippen molar-refractivity contribution in [3.8, 4) is 0 Å². The van der Waals surface area contributed by atoms with E-state index in [1.54, 1.807) is 0 Å². The SMILES string of the molecule is CCCC(NC(C)CC1CCCCN1)c1ccccc1. The van der Waals surface area contributed by atoms with Gasteiger partial charge in [0.2, 0.25) is 0 Å². The zero-order valence-corrected chi connectivity index (χ0v) is 13.1. The Morgan fingerprint density at radius 3 is 2.70 bits per heavy atom. The van der Waals surface area contributed by atoms with Crippen molar-refractivity contribution in [3.63, 3.8) is 0 Å². The molecule has 1 heterocycles. The van der Waals surface area contributed by atoms with Crippen molar-refractivity contribution < 1.29 is 0 Å². The van der Waals surface area contributed by atoms with E-state index >= 15 is 0 Å². The van der Waals surface area contributed by atoms with Crippen LogP contribution in [0.25, 0.3) is 0 Å². The number of nitrogens with one attached hydrogen (secondary N) is 2. The first-order chi connectivity index (χ1) is 9.79. The Hall–Kier alpha value is -0.860. The summed E-state index contributed by atoms with van der Waals surface area (Å²) in [5.74, 6) is 0. The summed E-state index contributed by atoms with van der Waals surface area (Å²) in [5, 5.41) is 7.50. The van der Waals surface area contributed by atoms with Gasteiger partial charge in [-0.3, -0.25) is 0 Å². The van der Waals surface area contributed by atoms with Gasteiger partial charge in [0, 0.05) is 18.1 Å². The summed E-state index contributed by atoms with van der Waals surface area (Å²) in [4.78, 5) is 0. The van der Waals surface area contributed by atoms with E-state index in [9.17, 15) is 0 Å². The Bertz CT molecular complexity index is 357. The third kappa shape index (κ3) is 4.92. The molecule has 0 aliphatic carbocycles. The quantitative estimate of drug-likeness (QED) is 0.784. The molecular weight excluding hydrogens is 244 g/mol. The molecule has 2 nitrogen and oxygen atoms in total. The lowest BCUT2D eigenvalue weighted by atomic mass is 9.96. The molecule has 1 saturated heterocycles. The van der Waals surface area contributed by atoms with Gasteiger partial charge in [-0.15, -0.1) is 0 Å². The fourth-order valence-electron chi connectivity index (χ4n) is 3.28. The van der Waals surface area contributed by atoms with Crippen LogP contribution in [-0.2, 0) is 0 Å². The topological polar surface area (TPSA) is 24.1 Å². The van der Waals surface area contributed by atoms with Gasteiger partial charge < -0.3 is 10.6 Å². The molecule has 1 aromatic rings. The summed E-state index contributed by atoms with van der Waals surface area (Å²) in [6.45, 7) is 5.81. The van der Waals surface area contributed by atoms with E-state index in [1.165, 1.54) is 50.6 Å². The third-order valence-corrected chi connectivity index (χ3v) is 4.32. The van der Waals surface area contributed by atoms with Crippen molar-refractivity contribution in [1.29, 1.82) is 0 Å². The van der Waals surface area contributed by atoms with Crippen molar-refractivity contribution in [2.75, 3.05) is 6.54 Å². The number of hydrogen-bond donors (Lipinski definition) is 2. The van der Waals surface area contributed by atoms with Crippen LogP contribution in [0.1, 0.15) is 64.0 Å². The number of benzene rings is 1. The fraction of sp³-hybridized carbons (Fsp3) is 0.667. The molecule has 1 aliphatic rings. The molecule has 2 N–H and O–H groups in total. The smallest absolute Gasteiger partial charge is 0.0322 e. The third-order valence-electron chi connectivity index (χ3n) is 4.32. The van der Waals surface area contributed by atoms with Gasteiger partial charge in [-0.1, -0.05) is 50.1 Å². The molecule has 2 rings (SSSR count). The van der Waals surface area contributed by atoms with E-state index < -0.39 is 0 Å². The maximum absolute atomic E-state index is 3.84. The minimum Gasteiger partial charge on any atom is -0.314 e. The molecule has 0 amide bonds. The second-order valence-electron chi connectivity index (χ2n) is 6.20. The minimum atomic E-state index is 0.500. The van der Waals surface area contributed by atoms with Crippen LogP contribution < -0.4 is 10.6 Å². The molecule has 0 saturated carbocycles. The molecule has 20 heavy (non-hydrogen) atoms. The molecule has 1 fully saturated rings. The number of rotatable bonds is 7. The highest BCUT2D eigenvalue weighted by atomic mass is 15.0. The Labute approximate surface area is 124 Å². The second-order valence-corrected chi connectivity index (χ2v) is 6.20. The predicted molar refractivity (Wildman–Crippen MR) is 86.9 cm³/mol. The van der Waals surface area contributed by atoms with Crippen molar-refractivity contribution in [1.82, 2.24) is 10.6 Å². The molecule has 0 bridgehead atoms. The van der Waals surface area contributed by atoms with E-state index in [0.29, 0.717) is 18.1 Å². The van der Waals surface area contributed by atoms with Gasteiger partial charge in [-0.25, -0.2) is 0 Å². The van der Waals surface area contributed by atoms with Crippen LogP contribution >= 0.6 is 0 Å². The standard InChI is InChI=1S/C18H30N2/c1-3-9-18(16-10-5-4-6-11-16)20-15(2)14-17-12-7-8-13-19-17/h4-6,10-11,15,17-20H,3,7-9,12-14H2,1-2H3. The van der Waals surface area contributed by atoms with Crippen molar-refractivity contribution in [2.24, 2.45) is 0 Å². The van der Waals surface area contributed by atoms with Crippen LogP contribution in [0, 0.1) is 0 Å². The molecule has 112 valence electrons. The molecule has 0 spiro atoms. The van der Waals surface area contributed by atoms with Crippen LogP contribution in [0.5, 0.6) is 0 Å². The molecule has 2 heteroatoms. The lowest BCUT2D eigenvalue weighted by molar-refractivity contribution is 0.325. The monoisotopic (exact) mass is 274 g/mol. The van der Waals surface area contributed by atoms with Crippen LogP contribution in [0.4, 0.5) is 0 Å². The molecular formula is C18H30N2. The first kappa shape index (κ1) is 15.5. The molecule has 0 radical (unpaired) electrons. The highest BCUT2D eigenvalue weighted by molar-refractivity contribution is 5.18. The lowest BCUT2D eigenvalue weighted by Crippen LogP contribution is -2.40. The Morgan fingerprint density at radius 1 is 1.25 bits per heavy atom. The summed E-state index contributed by atoms with van der Waals surface area (Å²) in [6, 6.07) is 12.7. The molecule has 0 aromatic heterocycles. The van der Waals surface area contributed by atoms with E-state index in [4.69, 9.17) is 0 Å². The van der Waals surface area contributed by atoms with Gasteiger partial charge in [0.1, 0.15) is 0 Å². The van der Waals surface area contributed by atoms with Crippen molar-refractivity contribution >= 4 is 0 Å². The highest BCUT2D eigenvalue weighted by Gasteiger charge is 2.18. The number of hydrogen-bond acceptors (Lipinski definition) is 2. The average Bonchev–Trinajstić information content (AvgIpc) is 2.49. The average molecular weight is 274 g/mol. The van der Waals surface area contributed by atoms with E-state index in [0.717, 1.165) is 0 Å². The molecule has 1 aliphatic heterocycles. The summed E-state index contributed by atoms with van der Waals surface area (Å²) in [5.41, 5.74) is 1.43. The Kier molecular flexibility index (Phi) is 6.55. The van der Waals surface area contributed by atoms with Crippen molar-refractivity contribution in [2.45, 2.75) is 70.5 Å². The van der Waals surface area contributed by atoms with E-state index in [-0.39, 0.29) is 0 Å². The largest absolute Gasteiger partial charge is 0.314 e. The Morgan fingerprint density at radius 2 is 2.05 bits per heavy atom. The van der Waals surface area contributed by atoms with Gasteiger partial charge >= 0.3 is 0 Å². The zero-order chi connectivity index (χ0) is 14.2. The molecule has 1 aromatic carbocycles. The zero-order valence-electron chi connectivity index (χ0n) is 13.1. The number of piperidine rings is 1. The van der Waals surface area contributed by atoms with E-state index in [2.05, 4.69) is 54.8 Å². The normalized spacial score (nSPS) is 22.4. The minimum absolute atomic E-state index is 0.500. The second kappa shape index (κ2) is 8.43. The van der Waals surface area contributed by atoms with Gasteiger partial charge in [0.15, 0.2) is 0 Å². The van der Waals surface area contributed by atoms with Crippen LogP contribution in [-0.4, -0.2) is 18.6 Å². The Balaban J connectivity index is 1.87. The summed E-state index contributed by atoms with van der Waals surface area (Å²) in [7, 11) is 0. The summed E-state index contributed by atoms with van der Waals surface area (Å²) in [6.07, 6.45) is 7.76. The predicted octanol–water partition coefficient (Wildman–Crippen LogP) is 4.04. The molecule has 3 atom stereocenters. The first-order valence-electron chi connectivity index (χ1n) is 8.34. The van der Waals surface area contributed by atoms with Gasteiger partial charge in [0.05, 0.1) is 0 Å². The van der Waals surface area contributed by atoms with Crippen LogP contribution in [0.15, 0.2) is 30.3 Å². The van der Waals surface area contributed by atoms with E-state index in [1.807, 2.05) is 0 Å². The van der Waals surface area contributed by atoms with Gasteiger partial charge in [-0.05, 0) is 44.7 Å². The summed E-state index contributed by atoms with van der Waals surface area (Å²) >= 11 is 0. The highest BCUT2D eigenvalue weighted by Crippen LogP contribution is 2.20.